The molecule has 0 spiro atoms. The monoisotopic (exact) mass is 447 g/mol. The Labute approximate surface area is 188 Å². The lowest BCUT2D eigenvalue weighted by Gasteiger charge is -2.35. The van der Waals surface area contributed by atoms with Crippen molar-refractivity contribution in [2.45, 2.75) is 39.2 Å². The zero-order valence-corrected chi connectivity index (χ0v) is 19.2. The van der Waals surface area contributed by atoms with Crippen molar-refractivity contribution in [3.05, 3.63) is 41.7 Å². The summed E-state index contributed by atoms with van der Waals surface area (Å²) in [7, 11) is 1.73. The van der Waals surface area contributed by atoms with Gasteiger partial charge in [0.15, 0.2) is 0 Å². The van der Waals surface area contributed by atoms with E-state index < -0.39 is 5.60 Å². The first-order valence-electron chi connectivity index (χ1n) is 10.4. The van der Waals surface area contributed by atoms with Gasteiger partial charge in [-0.1, -0.05) is 11.6 Å². The number of hydrogen-bond donors (Lipinski definition) is 1. The molecule has 0 bridgehead atoms. The molecule has 1 fully saturated rings. The van der Waals surface area contributed by atoms with Crippen molar-refractivity contribution in [1.29, 1.82) is 0 Å². The first-order chi connectivity index (χ1) is 14.6. The van der Waals surface area contributed by atoms with E-state index >= 15 is 0 Å². The van der Waals surface area contributed by atoms with Gasteiger partial charge in [-0.2, -0.15) is 5.10 Å². The van der Waals surface area contributed by atoms with E-state index in [1.807, 2.05) is 39.1 Å². The molecular weight excluding hydrogens is 418 g/mol. The second kappa shape index (κ2) is 9.60. The smallest absolute Gasteiger partial charge is 0.410 e. The lowest BCUT2D eigenvalue weighted by molar-refractivity contribution is 0.0253. The van der Waals surface area contributed by atoms with Crippen LogP contribution in [0.25, 0.3) is 5.69 Å². The third kappa shape index (κ3) is 6.37. The number of halogens is 1. The third-order valence-electron chi connectivity index (χ3n) is 4.99. The minimum atomic E-state index is -0.530. The quantitative estimate of drug-likeness (QED) is 0.740. The summed E-state index contributed by atoms with van der Waals surface area (Å²) in [6, 6.07) is 6.98. The highest BCUT2D eigenvalue weighted by atomic mass is 35.5. The summed E-state index contributed by atoms with van der Waals surface area (Å²) in [6.45, 7) is 7.34. The van der Waals surface area contributed by atoms with E-state index in [2.05, 4.69) is 10.4 Å². The van der Waals surface area contributed by atoms with Gasteiger partial charge in [0.25, 0.3) is 0 Å². The number of likely N-dealkylation sites (tertiary alicyclic amines) is 1. The number of rotatable bonds is 4. The van der Waals surface area contributed by atoms with Crippen molar-refractivity contribution in [3.63, 3.8) is 0 Å². The lowest BCUT2D eigenvalue weighted by atomic mass is 9.98. The van der Waals surface area contributed by atoms with Crippen molar-refractivity contribution in [1.82, 2.24) is 19.6 Å². The molecule has 2 aromatic rings. The van der Waals surface area contributed by atoms with Crippen LogP contribution in [0.3, 0.4) is 0 Å². The van der Waals surface area contributed by atoms with Gasteiger partial charge < -0.3 is 19.9 Å². The SMILES string of the molecule is CN(CC1CCCN(C(=O)Nc2ccc(-n3cccn3)c(Cl)c2)C1)C(=O)OC(C)(C)C. The second-order valence-corrected chi connectivity index (χ2v) is 9.27. The maximum Gasteiger partial charge on any atom is 0.410 e. The lowest BCUT2D eigenvalue weighted by Crippen LogP contribution is -2.46. The summed E-state index contributed by atoms with van der Waals surface area (Å²) in [5, 5.41) is 7.59. The average molecular weight is 448 g/mol. The molecular formula is C22H30ClN5O3. The zero-order valence-electron chi connectivity index (χ0n) is 18.5. The number of hydrogen-bond acceptors (Lipinski definition) is 4. The highest BCUT2D eigenvalue weighted by Crippen LogP contribution is 2.25. The van der Waals surface area contributed by atoms with Crippen LogP contribution in [0.2, 0.25) is 5.02 Å². The predicted molar refractivity (Wildman–Crippen MR) is 121 cm³/mol. The fraction of sp³-hybridized carbons (Fsp3) is 0.500. The standard InChI is InChI=1S/C22H30ClN5O3/c1-22(2,3)31-21(30)26(4)14-16-7-5-11-27(15-16)20(29)25-17-8-9-19(18(23)13-17)28-12-6-10-24-28/h6,8-10,12-13,16H,5,7,11,14-15H2,1-4H3,(H,25,29). The fourth-order valence-corrected chi connectivity index (χ4v) is 3.85. The molecule has 168 valence electrons. The van der Waals surface area contributed by atoms with Crippen molar-refractivity contribution in [2.24, 2.45) is 5.92 Å². The maximum atomic E-state index is 12.8. The molecule has 3 amide bonds. The molecule has 1 aliphatic rings. The van der Waals surface area contributed by atoms with Crippen LogP contribution >= 0.6 is 11.6 Å². The van der Waals surface area contributed by atoms with Gasteiger partial charge in [-0.25, -0.2) is 14.3 Å². The molecule has 1 saturated heterocycles. The van der Waals surface area contributed by atoms with Crippen LogP contribution in [0.15, 0.2) is 36.7 Å². The molecule has 9 heteroatoms. The Morgan fingerprint density at radius 2 is 2.13 bits per heavy atom. The van der Waals surface area contributed by atoms with Gasteiger partial charge in [0, 0.05) is 44.8 Å². The van der Waals surface area contributed by atoms with Crippen LogP contribution in [-0.2, 0) is 4.74 Å². The minimum absolute atomic E-state index is 0.174. The number of urea groups is 1. The van der Waals surface area contributed by atoms with Gasteiger partial charge in [-0.15, -0.1) is 0 Å². The number of nitrogens with one attached hydrogen (secondary N) is 1. The molecule has 0 aliphatic carbocycles. The zero-order chi connectivity index (χ0) is 22.6. The Morgan fingerprint density at radius 3 is 2.77 bits per heavy atom. The normalized spacial score (nSPS) is 16.7. The van der Waals surface area contributed by atoms with E-state index in [1.54, 1.807) is 39.9 Å². The fourth-order valence-electron chi connectivity index (χ4n) is 3.58. The van der Waals surface area contributed by atoms with Gasteiger partial charge in [0.05, 0.1) is 10.7 Å². The number of carbonyl (C=O) groups is 2. The Morgan fingerprint density at radius 1 is 1.35 bits per heavy atom. The molecule has 1 aromatic heterocycles. The molecule has 1 atom stereocenters. The van der Waals surface area contributed by atoms with Gasteiger partial charge in [0.2, 0.25) is 0 Å². The van der Waals surface area contributed by atoms with Gasteiger partial charge in [-0.3, -0.25) is 0 Å². The van der Waals surface area contributed by atoms with Crippen molar-refractivity contribution < 1.29 is 14.3 Å². The Hall–Kier alpha value is -2.74. The van der Waals surface area contributed by atoms with E-state index in [-0.39, 0.29) is 18.0 Å². The molecule has 0 saturated carbocycles. The van der Waals surface area contributed by atoms with E-state index in [0.717, 1.165) is 18.5 Å². The molecule has 1 N–H and O–H groups in total. The summed E-state index contributed by atoms with van der Waals surface area (Å²) < 4.78 is 7.09. The summed E-state index contributed by atoms with van der Waals surface area (Å²) in [6.07, 6.45) is 4.99. The molecule has 2 heterocycles. The highest BCUT2D eigenvalue weighted by Gasteiger charge is 2.27. The van der Waals surface area contributed by atoms with Crippen molar-refractivity contribution in [3.8, 4) is 5.69 Å². The predicted octanol–water partition coefficient (Wildman–Crippen LogP) is 4.64. The molecule has 31 heavy (non-hydrogen) atoms. The highest BCUT2D eigenvalue weighted by molar-refractivity contribution is 6.32. The second-order valence-electron chi connectivity index (χ2n) is 8.86. The summed E-state index contributed by atoms with van der Waals surface area (Å²) in [5.74, 6) is 0.197. The van der Waals surface area contributed by atoms with Gasteiger partial charge in [0.1, 0.15) is 5.60 Å². The van der Waals surface area contributed by atoms with Crippen LogP contribution in [0.1, 0.15) is 33.6 Å². The molecule has 1 aromatic carbocycles. The number of piperidine rings is 1. The number of benzene rings is 1. The summed E-state index contributed by atoms with van der Waals surface area (Å²) >= 11 is 6.37. The van der Waals surface area contributed by atoms with Crippen molar-refractivity contribution in [2.75, 3.05) is 32.0 Å². The summed E-state index contributed by atoms with van der Waals surface area (Å²) in [5.41, 5.74) is 0.838. The van der Waals surface area contributed by atoms with Crippen LogP contribution in [0.4, 0.5) is 15.3 Å². The Balaban J connectivity index is 1.56. The number of amides is 3. The molecule has 3 rings (SSSR count). The van der Waals surface area contributed by atoms with Gasteiger partial charge >= 0.3 is 12.1 Å². The topological polar surface area (TPSA) is 79.7 Å². The first-order valence-corrected chi connectivity index (χ1v) is 10.8. The average Bonchev–Trinajstić information content (AvgIpc) is 3.21. The first kappa shape index (κ1) is 22.9. The van der Waals surface area contributed by atoms with Crippen LogP contribution in [0, 0.1) is 5.92 Å². The largest absolute Gasteiger partial charge is 0.444 e. The molecule has 8 nitrogen and oxygen atoms in total. The number of aromatic nitrogens is 2. The van der Waals surface area contributed by atoms with Crippen LogP contribution in [-0.4, -0.2) is 64.0 Å². The van der Waals surface area contributed by atoms with Crippen molar-refractivity contribution >= 4 is 29.4 Å². The van der Waals surface area contributed by atoms with Crippen LogP contribution < -0.4 is 5.32 Å². The third-order valence-corrected chi connectivity index (χ3v) is 5.30. The number of anilines is 1. The molecule has 0 radical (unpaired) electrons. The maximum absolute atomic E-state index is 12.8. The number of carbonyl (C=O) groups excluding carboxylic acids is 2. The Kier molecular flexibility index (Phi) is 7.10. The van der Waals surface area contributed by atoms with E-state index in [9.17, 15) is 9.59 Å². The molecule has 1 unspecified atom stereocenters. The number of ether oxygens (including phenoxy) is 1. The van der Waals surface area contributed by atoms with E-state index in [1.165, 1.54) is 0 Å². The minimum Gasteiger partial charge on any atom is -0.444 e. The molecule has 1 aliphatic heterocycles. The Bertz CT molecular complexity index is 910. The number of nitrogens with zero attached hydrogens (tertiary/aromatic N) is 4. The van der Waals surface area contributed by atoms with E-state index in [4.69, 9.17) is 16.3 Å². The van der Waals surface area contributed by atoms with E-state index in [0.29, 0.717) is 30.3 Å². The van der Waals surface area contributed by atoms with Gasteiger partial charge in [-0.05, 0) is 63.8 Å². The van der Waals surface area contributed by atoms with Crippen LogP contribution in [0.5, 0.6) is 0 Å². The summed E-state index contributed by atoms with van der Waals surface area (Å²) in [4.78, 5) is 28.4.